The molecular weight excluding hydrogens is 2120 g/mol. The molecule has 4 saturated heterocycles. The number of aromatic amines is 2. The highest BCUT2D eigenvalue weighted by atomic mass is 127. The summed E-state index contributed by atoms with van der Waals surface area (Å²) in [5, 5.41) is 42.6. The van der Waals surface area contributed by atoms with Crippen LogP contribution in [0.1, 0.15) is 199 Å². The molecular formula is C96H112Cl2F9IN20O16S2. The van der Waals surface area contributed by atoms with Crippen LogP contribution in [0.3, 0.4) is 0 Å². The Morgan fingerprint density at radius 3 is 1.29 bits per heavy atom. The number of carbonyl (C=O) groups is 6. The Balaban J connectivity index is 0.000000320. The number of H-pyrrole nitrogens is 2. The van der Waals surface area contributed by atoms with E-state index in [-0.39, 0.29) is 117 Å². The van der Waals surface area contributed by atoms with Gasteiger partial charge in [0.15, 0.2) is 28.4 Å². The van der Waals surface area contributed by atoms with Crippen molar-refractivity contribution >= 4 is 134 Å². The molecule has 0 spiro atoms. The summed E-state index contributed by atoms with van der Waals surface area (Å²) in [5.41, 5.74) is -1.99. The normalized spacial score (nSPS) is 15.5. The van der Waals surface area contributed by atoms with E-state index < -0.39 is 130 Å². The maximum Gasteiger partial charge on any atom is 0.417 e. The average molecular weight is 2240 g/mol. The number of hydrogen-bond donors (Lipinski definition) is 7. The molecule has 36 nitrogen and oxygen atoms in total. The third-order valence-corrected chi connectivity index (χ3v) is 24.8. The topological polar surface area (TPSA) is 479 Å². The van der Waals surface area contributed by atoms with Gasteiger partial charge in [-0.25, -0.2) is 55.1 Å². The van der Waals surface area contributed by atoms with Gasteiger partial charge in [0.2, 0.25) is 33.7 Å². The number of aryl methyl sites for hydroxylation is 5. The number of nitrogens with zero attached hydrogens (tertiary/aromatic N) is 13. The molecule has 14 rings (SSSR count). The fourth-order valence-corrected chi connectivity index (χ4v) is 17.4. The van der Waals surface area contributed by atoms with Gasteiger partial charge in [-0.2, -0.15) is 60.0 Å². The monoisotopic (exact) mass is 2230 g/mol. The number of benzene rings is 6. The summed E-state index contributed by atoms with van der Waals surface area (Å²) in [6, 6.07) is 25.0. The molecule has 7 N–H and O–H groups in total. The van der Waals surface area contributed by atoms with Gasteiger partial charge in [-0.3, -0.25) is 28.8 Å². The van der Waals surface area contributed by atoms with Crippen molar-refractivity contribution in [2.45, 2.75) is 235 Å². The highest BCUT2D eigenvalue weighted by Crippen LogP contribution is 2.40. The highest BCUT2D eigenvalue weighted by Gasteiger charge is 2.42. The smallest absolute Gasteiger partial charge is 0.417 e. The number of carbonyl (C=O) groups excluding carboxylic acids is 6. The second-order valence-corrected chi connectivity index (χ2v) is 39.4. The number of alkyl halides is 9. The van der Waals surface area contributed by atoms with Gasteiger partial charge in [-0.15, -0.1) is 10.2 Å². The van der Waals surface area contributed by atoms with Crippen molar-refractivity contribution in [3.63, 3.8) is 0 Å². The number of alkyl carbamates (subject to hydrolysis) is 2. The SMILES string of the molecule is C.C.C.C.CC(C)(C)OC(=O)NC1CCN(c2ccc(C#N)c(C(F)(F)F)c2)C1=O.CC(C)(C)OC(=O)NC1CCNC1=O.CCCc1nc(C)c2c(=O)[nH]c(-c3cc(S(=O)(=O)Cl)ccc3OCC)nn12.N#Cc1ccc(I)cc1C(F)(F)F.N#Cc1ccc(N2CCC(NCl)C2=O)cc1C(F)(F)F.[C-]#[N+]c1ccc(N2CCC(NS(=O)(=O)c3ccc(OCC)c(-c4nn5c(CCC)nc(C)c5c(=O)[nH]4)c3)C2=O)cc1C. The van der Waals surface area contributed by atoms with Crippen LogP contribution in [-0.4, -0.2) is 167 Å². The van der Waals surface area contributed by atoms with Gasteiger partial charge in [-0.05, 0) is 258 Å². The Labute approximate surface area is 861 Å². The average Bonchev–Trinajstić information content (AvgIpc) is 1.58. The molecule has 8 heterocycles. The highest BCUT2D eigenvalue weighted by molar-refractivity contribution is 14.1. The van der Waals surface area contributed by atoms with Crippen LogP contribution in [0, 0.1) is 64.9 Å². The van der Waals surface area contributed by atoms with Crippen LogP contribution in [0.5, 0.6) is 11.5 Å². The minimum absolute atomic E-state index is 0. The number of sulfonamides is 1. The third-order valence-electron chi connectivity index (χ3n) is 21.0. The first-order valence-corrected chi connectivity index (χ1v) is 48.8. The number of anilines is 3. The van der Waals surface area contributed by atoms with Crippen LogP contribution in [0.2, 0.25) is 0 Å². The summed E-state index contributed by atoms with van der Waals surface area (Å²) in [4.78, 5) is 121. The zero-order valence-electron chi connectivity index (χ0n) is 78.3. The van der Waals surface area contributed by atoms with Gasteiger partial charge in [0, 0.05) is 70.3 Å². The first kappa shape index (κ1) is 123. The quantitative estimate of drug-likeness (QED) is 0.0122. The van der Waals surface area contributed by atoms with Crippen LogP contribution in [-0.2, 0) is 79.1 Å². The van der Waals surface area contributed by atoms with Gasteiger partial charge >= 0.3 is 30.7 Å². The minimum Gasteiger partial charge on any atom is -0.493 e. The van der Waals surface area contributed by atoms with Gasteiger partial charge in [0.25, 0.3) is 20.2 Å². The Bertz CT molecular complexity index is 7010. The maximum absolute atomic E-state index is 13.5. The molecule has 788 valence electrons. The summed E-state index contributed by atoms with van der Waals surface area (Å²) < 4.78 is 193. The number of amides is 6. The Hall–Kier alpha value is -13.5. The van der Waals surface area contributed by atoms with E-state index in [9.17, 15) is 94.7 Å². The molecule has 4 fully saturated rings. The number of ether oxygens (including phenoxy) is 4. The lowest BCUT2D eigenvalue weighted by Crippen LogP contribution is -2.43. The second-order valence-electron chi connectivity index (χ2n) is 33.7. The molecule has 4 aliphatic heterocycles. The van der Waals surface area contributed by atoms with Gasteiger partial charge < -0.3 is 59.6 Å². The van der Waals surface area contributed by atoms with E-state index in [0.717, 1.165) is 53.6 Å². The summed E-state index contributed by atoms with van der Waals surface area (Å²) in [6.45, 7) is 32.5. The lowest BCUT2D eigenvalue weighted by Gasteiger charge is -2.22. The van der Waals surface area contributed by atoms with Crippen molar-refractivity contribution in [2.24, 2.45) is 0 Å². The van der Waals surface area contributed by atoms with E-state index in [1.165, 1.54) is 97.7 Å². The first-order valence-electron chi connectivity index (χ1n) is 43.5. The number of nitrogens with one attached hydrogen (secondary N) is 7. The van der Waals surface area contributed by atoms with Crippen LogP contribution < -0.4 is 60.8 Å². The van der Waals surface area contributed by atoms with E-state index in [0.29, 0.717) is 118 Å². The summed E-state index contributed by atoms with van der Waals surface area (Å²) in [5.74, 6) is 0.877. The molecule has 50 heteroatoms. The maximum atomic E-state index is 13.5. The number of fused-ring (bicyclic) bond motifs is 2. The van der Waals surface area contributed by atoms with E-state index in [1.807, 2.05) is 13.8 Å². The standard InChI is InChI=1S/C29H31N7O5S.C17H19ClN4O4S.C17H18F3N3O3.C12H9ClF3N3O.C9H16N2O3.C8H3F3IN.4CH4/c1-6-8-25-31-18(4)26-28(37)32-27(33-36(25)26)21-16-20(10-12-24(21)41-7-2)42(39,40)34-23-13-14-35(29(23)38)19-9-11-22(30-5)17(3)15-19;1-4-6-14-19-10(3)15-17(23)20-16(21-22(14)15)12-9-11(27(18,24)25)7-8-13(12)26-5-2;1-16(2,3)26-15(25)22-13-6-7-23(14(13)24)11-5-4-10(9-21)12(8-11)17(18,19)20;13-18-10-3-4-19(11(10)20)8-2-1-7(6-17)9(5-8)12(14,15)16;1-9(2,3)14-8(13)11-6-4-5-10-7(6)12;9-8(10,11)7-3-6(12)2-1-5(7)4-13;;;;/h9-12,15-16,23,34H,6-8,13-14H2,1-4H3,(H,32,33,37);7-9H,4-6H2,1-3H3,(H,20,21,23);4-5,8,13H,6-7H2,1-3H3,(H,22,25);1-2,5,10,18H,3-4H2;6H,4-5H2,1-3H3,(H,10,12)(H,11,13);1-3H;4*1H4. The molecule has 4 aromatic heterocycles. The Morgan fingerprint density at radius 1 is 0.534 bits per heavy atom. The predicted molar refractivity (Wildman–Crippen MR) is 538 cm³/mol. The molecule has 10 aromatic rings. The minimum atomic E-state index is -4.71. The van der Waals surface area contributed by atoms with Crippen LogP contribution in [0.15, 0.2) is 129 Å². The lowest BCUT2D eigenvalue weighted by atomic mass is 10.1. The first-order chi connectivity index (χ1) is 66.5. The summed E-state index contributed by atoms with van der Waals surface area (Å²) in [6.07, 6.45) is -10.7. The van der Waals surface area contributed by atoms with E-state index in [2.05, 4.69) is 60.5 Å². The van der Waals surface area contributed by atoms with Crippen molar-refractivity contribution in [2.75, 3.05) is 54.1 Å². The Morgan fingerprint density at radius 2 is 0.918 bits per heavy atom. The number of imidazole rings is 2. The van der Waals surface area contributed by atoms with Gasteiger partial charge in [0.05, 0.1) is 104 Å². The van der Waals surface area contributed by atoms with Crippen LogP contribution in [0.4, 0.5) is 71.9 Å². The number of aromatic nitrogens is 8. The third kappa shape index (κ3) is 31.3. The van der Waals surface area contributed by atoms with E-state index in [1.54, 1.807) is 117 Å². The second kappa shape index (κ2) is 51.5. The van der Waals surface area contributed by atoms with Crippen molar-refractivity contribution in [1.29, 1.82) is 15.8 Å². The number of nitriles is 3. The van der Waals surface area contributed by atoms with Crippen molar-refractivity contribution in [3.05, 3.63) is 207 Å². The summed E-state index contributed by atoms with van der Waals surface area (Å²) >= 11 is 7.16. The molecule has 6 amide bonds. The molecule has 0 aliphatic carbocycles. The van der Waals surface area contributed by atoms with Crippen molar-refractivity contribution < 1.29 is 104 Å². The number of hydrogen-bond acceptors (Lipinski definition) is 24. The number of halogens is 12. The van der Waals surface area contributed by atoms with Crippen LogP contribution >= 0.6 is 45.0 Å². The zero-order chi connectivity index (χ0) is 105. The predicted octanol–water partition coefficient (Wildman–Crippen LogP) is 18.1. The summed E-state index contributed by atoms with van der Waals surface area (Å²) in [7, 11) is -2.65. The fourth-order valence-electron chi connectivity index (χ4n) is 14.6. The van der Waals surface area contributed by atoms with Gasteiger partial charge in [0.1, 0.15) is 58.5 Å². The number of rotatable bonds is 20. The molecule has 6 aromatic carbocycles. The van der Waals surface area contributed by atoms with Crippen molar-refractivity contribution in [1.82, 2.24) is 64.7 Å². The van der Waals surface area contributed by atoms with Crippen molar-refractivity contribution in [3.8, 4) is 52.5 Å². The van der Waals surface area contributed by atoms with E-state index in [4.69, 9.17) is 63.8 Å². The fraction of sp³-hybridized carbons (Fsp3) is 0.417. The molecule has 4 atom stereocenters. The molecule has 0 bridgehead atoms. The largest absolute Gasteiger partial charge is 0.493 e. The van der Waals surface area contributed by atoms with E-state index >= 15 is 0 Å². The molecule has 4 aliphatic rings. The molecule has 0 saturated carbocycles. The Kier molecular flexibility index (Phi) is 43.4. The van der Waals surface area contributed by atoms with Crippen LogP contribution in [0.25, 0.3) is 38.7 Å². The lowest BCUT2D eigenvalue weighted by molar-refractivity contribution is -0.138. The van der Waals surface area contributed by atoms with Gasteiger partial charge in [-0.1, -0.05) is 49.6 Å². The molecule has 0 radical (unpaired) electrons. The molecule has 146 heavy (non-hydrogen) atoms. The molecule has 4 unspecified atom stereocenters. The zero-order valence-corrected chi connectivity index (χ0v) is 83.6.